The molecule has 0 saturated carbocycles. The number of halogens is 1. The van der Waals surface area contributed by atoms with Gasteiger partial charge in [0.15, 0.2) is 6.10 Å². The van der Waals surface area contributed by atoms with Crippen LogP contribution in [0.2, 0.25) is 0 Å². The zero-order chi connectivity index (χ0) is 12.3. The molecule has 1 N–H and O–H groups in total. The topological polar surface area (TPSA) is 30.7 Å². The van der Waals surface area contributed by atoms with Gasteiger partial charge in [0.1, 0.15) is 12.4 Å². The fourth-order valence-corrected chi connectivity index (χ4v) is 2.17. The van der Waals surface area contributed by atoms with Crippen molar-refractivity contribution in [3.63, 3.8) is 0 Å². The van der Waals surface area contributed by atoms with Gasteiger partial charge in [0, 0.05) is 6.42 Å². The number of piperidine rings is 1. The minimum Gasteiger partial charge on any atom is -0.453 e. The highest BCUT2D eigenvalue weighted by molar-refractivity contribution is 5.89. The van der Waals surface area contributed by atoms with Crippen LogP contribution in [-0.2, 0) is 4.74 Å². The Morgan fingerprint density at radius 2 is 2.24 bits per heavy atom. The summed E-state index contributed by atoms with van der Waals surface area (Å²) in [6.07, 6.45) is 1.83. The second-order valence-corrected chi connectivity index (χ2v) is 4.56. The van der Waals surface area contributed by atoms with Crippen molar-refractivity contribution in [2.24, 2.45) is 0 Å². The quantitative estimate of drug-likeness (QED) is 0.767. The van der Waals surface area contributed by atoms with Crippen molar-refractivity contribution < 1.29 is 18.8 Å². The molecule has 0 spiro atoms. The first-order chi connectivity index (χ1) is 8.16. The van der Waals surface area contributed by atoms with Gasteiger partial charge >= 0.3 is 5.97 Å². The normalized spacial score (nSPS) is 24.4. The van der Waals surface area contributed by atoms with E-state index in [9.17, 15) is 9.18 Å². The zero-order valence-electron chi connectivity index (χ0n) is 9.91. The Kier molecular flexibility index (Phi) is 3.74. The summed E-state index contributed by atoms with van der Waals surface area (Å²) in [5, 5.41) is 0. The largest absolute Gasteiger partial charge is 0.453 e. The molecule has 1 unspecified atom stereocenters. The van der Waals surface area contributed by atoms with Crippen molar-refractivity contribution in [2.75, 3.05) is 20.1 Å². The van der Waals surface area contributed by atoms with Gasteiger partial charge in [-0.3, -0.25) is 0 Å². The number of nitrogens with one attached hydrogen (secondary N) is 1. The van der Waals surface area contributed by atoms with Crippen LogP contribution in [0.4, 0.5) is 4.39 Å². The van der Waals surface area contributed by atoms with Crippen LogP contribution in [0.1, 0.15) is 23.2 Å². The molecule has 0 amide bonds. The second-order valence-electron chi connectivity index (χ2n) is 4.56. The number of carbonyl (C=O) groups is 1. The summed E-state index contributed by atoms with van der Waals surface area (Å²) in [5.74, 6) is -1.07. The number of carbonyl (C=O) groups excluding carboxylic acids is 1. The summed E-state index contributed by atoms with van der Waals surface area (Å²) in [7, 11) is 2.07. The molecule has 1 aromatic rings. The van der Waals surface area contributed by atoms with Crippen LogP contribution in [0.3, 0.4) is 0 Å². The average Bonchev–Trinajstić information content (AvgIpc) is 2.29. The van der Waals surface area contributed by atoms with Crippen molar-refractivity contribution in [3.05, 3.63) is 35.6 Å². The van der Waals surface area contributed by atoms with Gasteiger partial charge in [-0.1, -0.05) is 12.1 Å². The number of esters is 1. The Hall–Kier alpha value is -1.42. The fraction of sp³-hybridized carbons (Fsp3) is 0.462. The molecule has 2 rings (SSSR count). The van der Waals surface area contributed by atoms with Gasteiger partial charge in [-0.05, 0) is 18.6 Å². The molecule has 92 valence electrons. The highest BCUT2D eigenvalue weighted by Crippen LogP contribution is 2.11. The number of ether oxygens (including phenoxy) is 1. The van der Waals surface area contributed by atoms with Crippen LogP contribution in [0.15, 0.2) is 24.3 Å². The first-order valence-electron chi connectivity index (χ1n) is 5.93. The van der Waals surface area contributed by atoms with Crippen LogP contribution in [0.5, 0.6) is 0 Å². The minimum atomic E-state index is -0.553. The lowest BCUT2D eigenvalue weighted by molar-refractivity contribution is -0.888. The van der Waals surface area contributed by atoms with Crippen molar-refractivity contribution in [3.8, 4) is 0 Å². The molecular weight excluding hydrogens is 221 g/mol. The predicted octanol–water partition coefficient (Wildman–Crippen LogP) is 0.660. The molecule has 1 fully saturated rings. The lowest BCUT2D eigenvalue weighted by Gasteiger charge is -2.26. The van der Waals surface area contributed by atoms with Crippen molar-refractivity contribution in [2.45, 2.75) is 18.9 Å². The summed E-state index contributed by atoms with van der Waals surface area (Å²) in [4.78, 5) is 13.1. The third-order valence-electron chi connectivity index (χ3n) is 3.07. The fourth-order valence-electron chi connectivity index (χ4n) is 2.17. The van der Waals surface area contributed by atoms with Gasteiger partial charge in [-0.2, -0.15) is 0 Å². The monoisotopic (exact) mass is 238 g/mol. The Bertz CT molecular complexity index is 408. The summed E-state index contributed by atoms with van der Waals surface area (Å²) < 4.78 is 18.7. The molecule has 0 bridgehead atoms. The van der Waals surface area contributed by atoms with E-state index in [4.69, 9.17) is 4.74 Å². The summed E-state index contributed by atoms with van der Waals surface area (Å²) in [6.45, 7) is 1.91. The molecule has 17 heavy (non-hydrogen) atoms. The smallest absolute Gasteiger partial charge is 0.341 e. The molecular formula is C13H17FNO2+. The second kappa shape index (κ2) is 5.27. The number of likely N-dealkylation sites (N-methyl/N-ethyl adjacent to an activating group) is 1. The highest BCUT2D eigenvalue weighted by atomic mass is 19.1. The Morgan fingerprint density at radius 1 is 1.47 bits per heavy atom. The third-order valence-corrected chi connectivity index (χ3v) is 3.07. The molecule has 1 heterocycles. The number of rotatable bonds is 2. The summed E-state index contributed by atoms with van der Waals surface area (Å²) in [6, 6.07) is 5.93. The van der Waals surface area contributed by atoms with Gasteiger partial charge < -0.3 is 9.64 Å². The van der Waals surface area contributed by atoms with Gasteiger partial charge in [0.25, 0.3) is 0 Å². The van der Waals surface area contributed by atoms with E-state index in [0.29, 0.717) is 0 Å². The number of benzene rings is 1. The predicted molar refractivity (Wildman–Crippen MR) is 61.5 cm³/mol. The molecule has 0 aromatic heterocycles. The Morgan fingerprint density at radius 3 is 2.94 bits per heavy atom. The summed E-state index contributed by atoms with van der Waals surface area (Å²) >= 11 is 0. The SMILES string of the molecule is C[NH+]1CCC[C@H](OC(=O)c2ccccc2F)C1. The first-order valence-corrected chi connectivity index (χ1v) is 5.93. The van der Waals surface area contributed by atoms with Crippen molar-refractivity contribution in [1.82, 2.24) is 0 Å². The maximum atomic E-state index is 13.4. The van der Waals surface area contributed by atoms with E-state index < -0.39 is 11.8 Å². The molecule has 0 radical (unpaired) electrons. The first kappa shape index (κ1) is 12.0. The van der Waals surface area contributed by atoms with Crippen LogP contribution >= 0.6 is 0 Å². The van der Waals surface area contributed by atoms with Gasteiger partial charge in [-0.15, -0.1) is 0 Å². The number of likely N-dealkylation sites (tertiary alicyclic amines) is 1. The number of quaternary nitrogens is 1. The number of hydrogen-bond donors (Lipinski definition) is 1. The molecule has 1 aliphatic rings. The van der Waals surface area contributed by atoms with Crippen molar-refractivity contribution in [1.29, 1.82) is 0 Å². The molecule has 1 aliphatic heterocycles. The number of hydrogen-bond acceptors (Lipinski definition) is 2. The Balaban J connectivity index is 1.99. The maximum absolute atomic E-state index is 13.4. The highest BCUT2D eigenvalue weighted by Gasteiger charge is 2.25. The van der Waals surface area contributed by atoms with E-state index in [0.717, 1.165) is 25.9 Å². The molecule has 0 aliphatic carbocycles. The lowest BCUT2D eigenvalue weighted by Crippen LogP contribution is -3.11. The third kappa shape index (κ3) is 3.03. The maximum Gasteiger partial charge on any atom is 0.341 e. The van der Waals surface area contributed by atoms with Crippen LogP contribution in [0.25, 0.3) is 0 Å². The van der Waals surface area contributed by atoms with E-state index >= 15 is 0 Å². The minimum absolute atomic E-state index is 0.0238. The molecule has 3 nitrogen and oxygen atoms in total. The Labute approximate surface area is 100 Å². The average molecular weight is 238 g/mol. The van der Waals surface area contributed by atoms with E-state index in [2.05, 4.69) is 7.05 Å². The molecule has 2 atom stereocenters. The lowest BCUT2D eigenvalue weighted by atomic mass is 10.1. The molecule has 4 heteroatoms. The van der Waals surface area contributed by atoms with E-state index in [1.54, 1.807) is 12.1 Å². The van der Waals surface area contributed by atoms with E-state index in [1.165, 1.54) is 17.0 Å². The molecule has 1 aromatic carbocycles. The van der Waals surface area contributed by atoms with Gasteiger partial charge in [-0.25, -0.2) is 9.18 Å². The van der Waals surface area contributed by atoms with Gasteiger partial charge in [0.2, 0.25) is 0 Å². The van der Waals surface area contributed by atoms with E-state index in [1.807, 2.05) is 0 Å². The van der Waals surface area contributed by atoms with E-state index in [-0.39, 0.29) is 11.7 Å². The zero-order valence-corrected chi connectivity index (χ0v) is 9.91. The summed E-state index contributed by atoms with van der Waals surface area (Å²) in [5.41, 5.74) is 0.0238. The van der Waals surface area contributed by atoms with Crippen molar-refractivity contribution >= 4 is 5.97 Å². The van der Waals surface area contributed by atoms with Crippen LogP contribution in [0, 0.1) is 5.82 Å². The van der Waals surface area contributed by atoms with Crippen LogP contribution < -0.4 is 4.90 Å². The molecule has 1 saturated heterocycles. The van der Waals surface area contributed by atoms with Crippen LogP contribution in [-0.4, -0.2) is 32.2 Å². The van der Waals surface area contributed by atoms with Gasteiger partial charge in [0.05, 0.1) is 19.2 Å². The standard InChI is InChI=1S/C13H16FNO2/c1-15-8-4-5-10(9-15)17-13(16)11-6-2-3-7-12(11)14/h2-3,6-7,10H,4-5,8-9H2,1H3/p+1/t10-/m0/s1.